The highest BCUT2D eigenvalue weighted by atomic mass is 19.1. The summed E-state index contributed by atoms with van der Waals surface area (Å²) in [6.07, 6.45) is 0. The highest BCUT2D eigenvalue weighted by Gasteiger charge is 2.19. The summed E-state index contributed by atoms with van der Waals surface area (Å²) in [4.78, 5) is 10.3. The van der Waals surface area contributed by atoms with Crippen LogP contribution < -0.4 is 5.32 Å². The van der Waals surface area contributed by atoms with Gasteiger partial charge in [0.25, 0.3) is 5.69 Å². The molecule has 1 atom stereocenters. The van der Waals surface area contributed by atoms with Gasteiger partial charge in [0.15, 0.2) is 5.82 Å². The number of hydrogen-bond donors (Lipinski definition) is 1. The third kappa shape index (κ3) is 3.15. The standard InChI is InChI=1S/C15H12FN3O2/c1-10(12-7-5-11(9-17)6-8-12)18-15-13(16)3-2-4-14(15)19(20)21/h2-8,10,18H,1H3. The maximum atomic E-state index is 13.8. The quantitative estimate of drug-likeness (QED) is 0.685. The molecule has 0 spiro atoms. The Bertz CT molecular complexity index is 708. The van der Waals surface area contributed by atoms with Crippen molar-refractivity contribution in [1.29, 1.82) is 5.26 Å². The molecular weight excluding hydrogens is 273 g/mol. The predicted molar refractivity (Wildman–Crippen MR) is 76.2 cm³/mol. The summed E-state index contributed by atoms with van der Waals surface area (Å²) >= 11 is 0. The van der Waals surface area contributed by atoms with Crippen molar-refractivity contribution in [3.05, 3.63) is 69.5 Å². The van der Waals surface area contributed by atoms with Gasteiger partial charge in [-0.15, -0.1) is 0 Å². The first-order chi connectivity index (χ1) is 10.0. The molecule has 0 fully saturated rings. The lowest BCUT2D eigenvalue weighted by Crippen LogP contribution is -2.10. The van der Waals surface area contributed by atoms with Gasteiger partial charge < -0.3 is 5.32 Å². The predicted octanol–water partition coefficient (Wildman–Crippen LogP) is 3.78. The Labute approximate surface area is 120 Å². The van der Waals surface area contributed by atoms with E-state index in [1.165, 1.54) is 18.2 Å². The molecule has 5 nitrogen and oxygen atoms in total. The summed E-state index contributed by atoms with van der Waals surface area (Å²) in [5.41, 5.74) is 0.865. The molecule has 0 aromatic heterocycles. The molecular formula is C15H12FN3O2. The minimum absolute atomic E-state index is 0.139. The van der Waals surface area contributed by atoms with E-state index in [1.807, 2.05) is 6.07 Å². The van der Waals surface area contributed by atoms with Crippen LogP contribution >= 0.6 is 0 Å². The fraction of sp³-hybridized carbons (Fsp3) is 0.133. The third-order valence-electron chi connectivity index (χ3n) is 3.09. The van der Waals surface area contributed by atoms with E-state index in [0.717, 1.165) is 5.56 Å². The van der Waals surface area contributed by atoms with Gasteiger partial charge in [0, 0.05) is 12.1 Å². The average Bonchev–Trinajstić information content (AvgIpc) is 2.49. The van der Waals surface area contributed by atoms with Crippen LogP contribution in [0.25, 0.3) is 0 Å². The van der Waals surface area contributed by atoms with Crippen LogP contribution in [0.1, 0.15) is 24.1 Å². The molecule has 2 aromatic rings. The van der Waals surface area contributed by atoms with Crippen LogP contribution in [0.5, 0.6) is 0 Å². The number of nitro groups is 1. The summed E-state index contributed by atoms with van der Waals surface area (Å²) in [6.45, 7) is 1.76. The van der Waals surface area contributed by atoms with E-state index in [0.29, 0.717) is 5.56 Å². The van der Waals surface area contributed by atoms with Crippen LogP contribution in [0.2, 0.25) is 0 Å². The second-order valence-electron chi connectivity index (χ2n) is 4.49. The first-order valence-electron chi connectivity index (χ1n) is 6.22. The molecule has 0 saturated heterocycles. The van der Waals surface area contributed by atoms with Crippen LogP contribution in [0.15, 0.2) is 42.5 Å². The summed E-state index contributed by atoms with van der Waals surface area (Å²) in [5.74, 6) is -0.676. The monoisotopic (exact) mass is 285 g/mol. The molecule has 0 saturated carbocycles. The maximum Gasteiger partial charge on any atom is 0.295 e. The molecule has 0 radical (unpaired) electrons. The molecule has 0 heterocycles. The number of rotatable bonds is 4. The van der Waals surface area contributed by atoms with Gasteiger partial charge in [-0.05, 0) is 30.7 Å². The molecule has 0 amide bonds. The molecule has 0 aliphatic heterocycles. The van der Waals surface area contributed by atoms with Crippen molar-refractivity contribution in [3.63, 3.8) is 0 Å². The largest absolute Gasteiger partial charge is 0.371 e. The molecule has 106 valence electrons. The molecule has 1 unspecified atom stereocenters. The van der Waals surface area contributed by atoms with Crippen molar-refractivity contribution in [2.45, 2.75) is 13.0 Å². The second-order valence-corrected chi connectivity index (χ2v) is 4.49. The molecule has 0 bridgehead atoms. The number of benzene rings is 2. The van der Waals surface area contributed by atoms with Crippen molar-refractivity contribution in [2.24, 2.45) is 0 Å². The normalized spacial score (nSPS) is 11.5. The number of hydrogen-bond acceptors (Lipinski definition) is 4. The minimum Gasteiger partial charge on any atom is -0.371 e. The number of nitrogens with one attached hydrogen (secondary N) is 1. The molecule has 0 aliphatic carbocycles. The smallest absolute Gasteiger partial charge is 0.295 e. The fourth-order valence-electron chi connectivity index (χ4n) is 1.95. The van der Waals surface area contributed by atoms with E-state index in [1.54, 1.807) is 31.2 Å². The lowest BCUT2D eigenvalue weighted by atomic mass is 10.1. The SMILES string of the molecule is CC(Nc1c(F)cccc1[N+](=O)[O-])c1ccc(C#N)cc1. The van der Waals surface area contributed by atoms with Crippen molar-refractivity contribution in [1.82, 2.24) is 0 Å². The number of para-hydroxylation sites is 1. The van der Waals surface area contributed by atoms with Crippen LogP contribution in [0.4, 0.5) is 15.8 Å². The van der Waals surface area contributed by atoms with Crippen LogP contribution in [0, 0.1) is 27.3 Å². The van der Waals surface area contributed by atoms with Gasteiger partial charge in [-0.2, -0.15) is 5.26 Å². The summed E-state index contributed by atoms with van der Waals surface area (Å²) in [6, 6.07) is 12.1. The van der Waals surface area contributed by atoms with Crippen LogP contribution in [-0.2, 0) is 0 Å². The molecule has 6 heteroatoms. The zero-order valence-corrected chi connectivity index (χ0v) is 11.2. The van der Waals surface area contributed by atoms with Gasteiger partial charge in [0.1, 0.15) is 5.69 Å². The minimum atomic E-state index is -0.676. The lowest BCUT2D eigenvalue weighted by Gasteiger charge is -2.16. The Balaban J connectivity index is 2.29. The molecule has 2 rings (SSSR count). The van der Waals surface area contributed by atoms with Gasteiger partial charge in [-0.3, -0.25) is 10.1 Å². The van der Waals surface area contributed by atoms with E-state index in [9.17, 15) is 14.5 Å². The van der Waals surface area contributed by atoms with Crippen LogP contribution in [-0.4, -0.2) is 4.92 Å². The number of halogens is 1. The van der Waals surface area contributed by atoms with Gasteiger partial charge in [-0.1, -0.05) is 18.2 Å². The van der Waals surface area contributed by atoms with E-state index >= 15 is 0 Å². The Hall–Kier alpha value is -2.94. The van der Waals surface area contributed by atoms with Crippen molar-refractivity contribution in [3.8, 4) is 6.07 Å². The van der Waals surface area contributed by atoms with Gasteiger partial charge in [0.2, 0.25) is 0 Å². The van der Waals surface area contributed by atoms with Crippen molar-refractivity contribution in [2.75, 3.05) is 5.32 Å². The molecule has 21 heavy (non-hydrogen) atoms. The van der Waals surface area contributed by atoms with E-state index < -0.39 is 10.7 Å². The summed E-state index contributed by atoms with van der Waals surface area (Å²) in [5, 5.41) is 22.5. The van der Waals surface area contributed by atoms with Crippen molar-refractivity contribution >= 4 is 11.4 Å². The highest BCUT2D eigenvalue weighted by Crippen LogP contribution is 2.30. The zero-order chi connectivity index (χ0) is 15.4. The van der Waals surface area contributed by atoms with Gasteiger partial charge in [-0.25, -0.2) is 4.39 Å². The summed E-state index contributed by atoms with van der Waals surface area (Å²) < 4.78 is 13.8. The zero-order valence-electron chi connectivity index (χ0n) is 11.2. The third-order valence-corrected chi connectivity index (χ3v) is 3.09. The second kappa shape index (κ2) is 6.01. The first kappa shape index (κ1) is 14.5. The van der Waals surface area contributed by atoms with Gasteiger partial charge in [0.05, 0.1) is 16.6 Å². The average molecular weight is 285 g/mol. The number of nitriles is 1. The van der Waals surface area contributed by atoms with Gasteiger partial charge >= 0.3 is 0 Å². The van der Waals surface area contributed by atoms with E-state index in [-0.39, 0.29) is 17.4 Å². The van der Waals surface area contributed by atoms with E-state index in [2.05, 4.69) is 5.32 Å². The topological polar surface area (TPSA) is 79.0 Å². The number of nitrogens with zero attached hydrogens (tertiary/aromatic N) is 2. The first-order valence-corrected chi connectivity index (χ1v) is 6.22. The molecule has 1 N–H and O–H groups in total. The number of nitro benzene ring substituents is 1. The van der Waals surface area contributed by atoms with Crippen molar-refractivity contribution < 1.29 is 9.31 Å². The molecule has 0 aliphatic rings. The Morgan fingerprint density at radius 1 is 1.29 bits per heavy atom. The maximum absolute atomic E-state index is 13.8. The van der Waals surface area contributed by atoms with Crippen LogP contribution in [0.3, 0.4) is 0 Å². The number of anilines is 1. The van der Waals surface area contributed by atoms with E-state index in [4.69, 9.17) is 5.26 Å². The Kier molecular flexibility index (Phi) is 4.14. The highest BCUT2D eigenvalue weighted by molar-refractivity contribution is 5.63. The summed E-state index contributed by atoms with van der Waals surface area (Å²) in [7, 11) is 0. The lowest BCUT2D eigenvalue weighted by molar-refractivity contribution is -0.384. The fourth-order valence-corrected chi connectivity index (χ4v) is 1.95. The Morgan fingerprint density at radius 3 is 2.52 bits per heavy atom. The Morgan fingerprint density at radius 2 is 1.95 bits per heavy atom. The molecule has 2 aromatic carbocycles.